The Morgan fingerprint density at radius 1 is 0.905 bits per heavy atom. The van der Waals surface area contributed by atoms with Crippen molar-refractivity contribution in [3.05, 3.63) is 48.0 Å². The first kappa shape index (κ1) is 13.2. The molecule has 1 fully saturated rings. The average Bonchev–Trinajstić information content (AvgIpc) is 2.93. The molecule has 1 heterocycles. The third-order valence-corrected chi connectivity index (χ3v) is 5.52. The van der Waals surface area contributed by atoms with E-state index in [4.69, 9.17) is 11.6 Å². The van der Waals surface area contributed by atoms with Gasteiger partial charge >= 0.3 is 0 Å². The van der Waals surface area contributed by atoms with Crippen molar-refractivity contribution in [3.63, 3.8) is 0 Å². The topological polar surface area (TPSA) is 15.8 Å². The normalized spacial score (nSPS) is 18.3. The number of nitrogens with one attached hydrogen (secondary N) is 1. The number of halogens is 1. The van der Waals surface area contributed by atoms with Gasteiger partial charge in [-0.1, -0.05) is 43.5 Å². The van der Waals surface area contributed by atoms with E-state index in [9.17, 15) is 0 Å². The van der Waals surface area contributed by atoms with Gasteiger partial charge < -0.3 is 4.98 Å². The zero-order valence-corrected chi connectivity index (χ0v) is 12.9. The van der Waals surface area contributed by atoms with Crippen molar-refractivity contribution < 1.29 is 0 Å². The lowest BCUT2D eigenvalue weighted by atomic mass is 9.84. The zero-order valence-electron chi connectivity index (χ0n) is 12.1. The standard InChI is InChI=1S/C19H20ClN/c20-19(13-6-2-1-3-7-13)14-10-11-18-16(12-14)15-8-4-5-9-17(15)21-18/h4-5,8-13,19,21H,1-3,6-7H2. The summed E-state index contributed by atoms with van der Waals surface area (Å²) in [5.74, 6) is 0.642. The van der Waals surface area contributed by atoms with Crippen LogP contribution in [0.3, 0.4) is 0 Å². The number of para-hydroxylation sites is 1. The van der Waals surface area contributed by atoms with E-state index in [2.05, 4.69) is 47.4 Å². The fraction of sp³-hybridized carbons (Fsp3) is 0.368. The monoisotopic (exact) mass is 297 g/mol. The molecule has 1 aliphatic rings. The molecular formula is C19H20ClN. The van der Waals surface area contributed by atoms with Gasteiger partial charge in [0.25, 0.3) is 0 Å². The Morgan fingerprint density at radius 3 is 2.52 bits per heavy atom. The molecule has 0 bridgehead atoms. The molecule has 0 aliphatic heterocycles. The Hall–Kier alpha value is -1.47. The number of aromatic nitrogens is 1. The van der Waals surface area contributed by atoms with Gasteiger partial charge in [-0.05, 0) is 42.5 Å². The van der Waals surface area contributed by atoms with Crippen LogP contribution in [-0.2, 0) is 0 Å². The average molecular weight is 298 g/mol. The number of benzene rings is 2. The van der Waals surface area contributed by atoms with Crippen molar-refractivity contribution in [3.8, 4) is 0 Å². The van der Waals surface area contributed by atoms with Gasteiger partial charge in [0.05, 0.1) is 5.38 Å². The molecule has 2 aromatic carbocycles. The number of rotatable bonds is 2. The van der Waals surface area contributed by atoms with Crippen molar-refractivity contribution in [1.82, 2.24) is 4.98 Å². The summed E-state index contributed by atoms with van der Waals surface area (Å²) in [6.45, 7) is 0. The van der Waals surface area contributed by atoms with Gasteiger partial charge in [0, 0.05) is 21.8 Å². The third kappa shape index (κ3) is 2.34. The Kier molecular flexibility index (Phi) is 3.39. The third-order valence-electron chi connectivity index (χ3n) is 4.91. The van der Waals surface area contributed by atoms with Crippen molar-refractivity contribution in [1.29, 1.82) is 0 Å². The summed E-state index contributed by atoms with van der Waals surface area (Å²) in [6.07, 6.45) is 6.61. The molecule has 1 unspecified atom stereocenters. The van der Waals surface area contributed by atoms with Crippen LogP contribution in [0.5, 0.6) is 0 Å². The van der Waals surface area contributed by atoms with E-state index >= 15 is 0 Å². The predicted molar refractivity (Wildman–Crippen MR) is 91.0 cm³/mol. The highest BCUT2D eigenvalue weighted by Crippen LogP contribution is 2.40. The molecule has 21 heavy (non-hydrogen) atoms. The SMILES string of the molecule is ClC(c1ccc2[nH]c3ccccc3c2c1)C1CCCCC1. The molecule has 0 amide bonds. The Morgan fingerprint density at radius 2 is 1.67 bits per heavy atom. The smallest absolute Gasteiger partial charge is 0.0613 e. The predicted octanol–water partition coefficient (Wildman–Crippen LogP) is 6.18. The number of H-pyrrole nitrogens is 1. The number of hydrogen-bond acceptors (Lipinski definition) is 0. The minimum atomic E-state index is 0.156. The van der Waals surface area contributed by atoms with E-state index in [0.29, 0.717) is 5.92 Å². The molecule has 1 N–H and O–H groups in total. The summed E-state index contributed by atoms with van der Waals surface area (Å²) in [6, 6.07) is 15.2. The maximum absolute atomic E-state index is 6.79. The summed E-state index contributed by atoms with van der Waals surface area (Å²) in [5, 5.41) is 2.75. The van der Waals surface area contributed by atoms with Crippen LogP contribution in [-0.4, -0.2) is 4.98 Å². The van der Waals surface area contributed by atoms with Gasteiger partial charge in [-0.2, -0.15) is 0 Å². The van der Waals surface area contributed by atoms with Gasteiger partial charge in [-0.3, -0.25) is 0 Å². The number of aromatic amines is 1. The molecule has 0 radical (unpaired) electrons. The molecule has 2 heteroatoms. The second-order valence-corrected chi connectivity index (χ2v) is 6.75. The highest BCUT2D eigenvalue weighted by atomic mass is 35.5. The molecule has 0 spiro atoms. The lowest BCUT2D eigenvalue weighted by Crippen LogP contribution is -2.12. The van der Waals surface area contributed by atoms with Crippen LogP contribution < -0.4 is 0 Å². The first-order chi connectivity index (χ1) is 10.3. The van der Waals surface area contributed by atoms with Crippen molar-refractivity contribution in [2.24, 2.45) is 5.92 Å². The molecule has 108 valence electrons. The molecule has 4 rings (SSSR count). The molecule has 1 saturated carbocycles. The van der Waals surface area contributed by atoms with E-state index in [0.717, 1.165) is 0 Å². The van der Waals surface area contributed by atoms with Gasteiger partial charge in [-0.25, -0.2) is 0 Å². The molecule has 1 atom stereocenters. The molecule has 1 aromatic heterocycles. The lowest BCUT2D eigenvalue weighted by Gasteiger charge is -2.26. The molecule has 3 aromatic rings. The highest BCUT2D eigenvalue weighted by Gasteiger charge is 2.23. The zero-order chi connectivity index (χ0) is 14.2. The van der Waals surface area contributed by atoms with E-state index in [1.54, 1.807) is 0 Å². The molecule has 0 saturated heterocycles. The first-order valence-electron chi connectivity index (χ1n) is 7.97. The van der Waals surface area contributed by atoms with Crippen molar-refractivity contribution in [2.45, 2.75) is 37.5 Å². The number of hydrogen-bond donors (Lipinski definition) is 1. The van der Waals surface area contributed by atoms with E-state index in [1.807, 2.05) is 0 Å². The van der Waals surface area contributed by atoms with E-state index in [-0.39, 0.29) is 5.38 Å². The van der Waals surface area contributed by atoms with Crippen LogP contribution in [0.15, 0.2) is 42.5 Å². The molecule has 1 nitrogen and oxygen atoms in total. The van der Waals surface area contributed by atoms with Crippen LogP contribution in [0.1, 0.15) is 43.0 Å². The number of alkyl halides is 1. The Labute approximate surface area is 130 Å². The quantitative estimate of drug-likeness (QED) is 0.543. The van der Waals surface area contributed by atoms with Crippen LogP contribution in [0, 0.1) is 5.92 Å². The summed E-state index contributed by atoms with van der Waals surface area (Å²) < 4.78 is 0. The summed E-state index contributed by atoms with van der Waals surface area (Å²) in [4.78, 5) is 3.48. The second-order valence-electron chi connectivity index (χ2n) is 6.28. The summed E-state index contributed by atoms with van der Waals surface area (Å²) in [5.41, 5.74) is 3.68. The van der Waals surface area contributed by atoms with Crippen molar-refractivity contribution >= 4 is 33.4 Å². The van der Waals surface area contributed by atoms with Crippen LogP contribution in [0.25, 0.3) is 21.8 Å². The number of fused-ring (bicyclic) bond motifs is 3. The van der Waals surface area contributed by atoms with Crippen molar-refractivity contribution in [2.75, 3.05) is 0 Å². The van der Waals surface area contributed by atoms with Gasteiger partial charge in [0.1, 0.15) is 0 Å². The maximum Gasteiger partial charge on any atom is 0.0613 e. The minimum absolute atomic E-state index is 0.156. The van der Waals surface area contributed by atoms with Gasteiger partial charge in [0.2, 0.25) is 0 Å². The second kappa shape index (κ2) is 5.38. The van der Waals surface area contributed by atoms with E-state index in [1.165, 1.54) is 59.5 Å². The van der Waals surface area contributed by atoms with Crippen LogP contribution >= 0.6 is 11.6 Å². The fourth-order valence-electron chi connectivity index (χ4n) is 3.74. The summed E-state index contributed by atoms with van der Waals surface area (Å²) >= 11 is 6.79. The van der Waals surface area contributed by atoms with Gasteiger partial charge in [-0.15, -0.1) is 11.6 Å². The van der Waals surface area contributed by atoms with Gasteiger partial charge in [0.15, 0.2) is 0 Å². The maximum atomic E-state index is 6.79. The minimum Gasteiger partial charge on any atom is -0.355 e. The molecule has 1 aliphatic carbocycles. The summed E-state index contributed by atoms with van der Waals surface area (Å²) in [7, 11) is 0. The Balaban J connectivity index is 1.76. The fourth-order valence-corrected chi connectivity index (χ4v) is 4.12. The van der Waals surface area contributed by atoms with E-state index < -0.39 is 0 Å². The Bertz CT molecular complexity index is 767. The van der Waals surface area contributed by atoms with Crippen LogP contribution in [0.4, 0.5) is 0 Å². The first-order valence-corrected chi connectivity index (χ1v) is 8.41. The van der Waals surface area contributed by atoms with Crippen LogP contribution in [0.2, 0.25) is 0 Å². The lowest BCUT2D eigenvalue weighted by molar-refractivity contribution is 0.348. The molecular weight excluding hydrogens is 278 g/mol. The largest absolute Gasteiger partial charge is 0.355 e. The highest BCUT2D eigenvalue weighted by molar-refractivity contribution is 6.21.